The van der Waals surface area contributed by atoms with Crippen molar-refractivity contribution in [3.05, 3.63) is 0 Å². The first-order valence-electron chi connectivity index (χ1n) is 7.53. The second-order valence-corrected chi connectivity index (χ2v) is 7.99. The highest BCUT2D eigenvalue weighted by Crippen LogP contribution is 2.45. The lowest BCUT2D eigenvalue weighted by Gasteiger charge is -2.43. The predicted molar refractivity (Wildman–Crippen MR) is 80.3 cm³/mol. The van der Waals surface area contributed by atoms with Crippen molar-refractivity contribution in [1.82, 2.24) is 0 Å². The van der Waals surface area contributed by atoms with Gasteiger partial charge in [-0.15, -0.1) is 0 Å². The van der Waals surface area contributed by atoms with Gasteiger partial charge in [-0.25, -0.2) is 0 Å². The lowest BCUT2D eigenvalue weighted by atomic mass is 9.62. The second kappa shape index (κ2) is 6.25. The Morgan fingerprint density at radius 2 is 1.35 bits per heavy atom. The molecule has 2 atom stereocenters. The first kappa shape index (κ1) is 17.0. The van der Waals surface area contributed by atoms with Gasteiger partial charge >= 0.3 is 0 Å². The molecule has 0 spiro atoms. The zero-order chi connectivity index (χ0) is 13.9. The third-order valence-corrected chi connectivity index (χ3v) is 5.26. The number of hydrogen-bond donors (Lipinski definition) is 0. The van der Waals surface area contributed by atoms with E-state index in [1.165, 1.54) is 19.3 Å². The lowest BCUT2D eigenvalue weighted by molar-refractivity contribution is 0.0694. The molecule has 0 aromatic carbocycles. The highest BCUT2D eigenvalue weighted by atomic mass is 14.4. The van der Waals surface area contributed by atoms with Crippen LogP contribution in [-0.4, -0.2) is 0 Å². The molecule has 104 valence electrons. The van der Waals surface area contributed by atoms with E-state index in [1.807, 2.05) is 0 Å². The topological polar surface area (TPSA) is 0 Å². The molecule has 0 saturated carbocycles. The molecule has 0 N–H and O–H groups in total. The van der Waals surface area contributed by atoms with E-state index < -0.39 is 0 Å². The van der Waals surface area contributed by atoms with Gasteiger partial charge in [0.15, 0.2) is 0 Å². The van der Waals surface area contributed by atoms with E-state index in [4.69, 9.17) is 0 Å². The van der Waals surface area contributed by atoms with E-state index in [-0.39, 0.29) is 0 Å². The standard InChI is InChI=1S/C17H36/c1-10-11-15(14(4)13(2)3)12-17(8,9)16(5,6)7/h13-15H,10-12H2,1-9H3. The van der Waals surface area contributed by atoms with Gasteiger partial charge in [-0.2, -0.15) is 0 Å². The normalized spacial score (nSPS) is 17.3. The maximum Gasteiger partial charge on any atom is -0.0303 e. The minimum absolute atomic E-state index is 0.399. The van der Waals surface area contributed by atoms with Crippen molar-refractivity contribution in [2.24, 2.45) is 28.6 Å². The van der Waals surface area contributed by atoms with Gasteiger partial charge in [0.05, 0.1) is 0 Å². The summed E-state index contributed by atoms with van der Waals surface area (Å²) in [7, 11) is 0. The molecule has 0 aliphatic heterocycles. The van der Waals surface area contributed by atoms with Crippen molar-refractivity contribution in [2.75, 3.05) is 0 Å². The molecule has 0 heterocycles. The molecule has 0 nitrogen and oxygen atoms in total. The maximum atomic E-state index is 2.45. The van der Waals surface area contributed by atoms with Gasteiger partial charge in [0, 0.05) is 0 Å². The Bertz CT molecular complexity index is 205. The summed E-state index contributed by atoms with van der Waals surface area (Å²) in [5.41, 5.74) is 0.825. The Morgan fingerprint density at radius 3 is 1.65 bits per heavy atom. The fourth-order valence-electron chi connectivity index (χ4n) is 2.43. The summed E-state index contributed by atoms with van der Waals surface area (Å²) >= 11 is 0. The highest BCUT2D eigenvalue weighted by molar-refractivity contribution is 4.86. The quantitative estimate of drug-likeness (QED) is 0.522. The molecule has 0 bridgehead atoms. The molecule has 17 heavy (non-hydrogen) atoms. The SMILES string of the molecule is CCCC(CC(C)(C)C(C)(C)C)C(C)C(C)C. The molecule has 0 saturated heterocycles. The summed E-state index contributed by atoms with van der Waals surface area (Å²) in [6.45, 7) is 21.6. The van der Waals surface area contributed by atoms with E-state index in [0.29, 0.717) is 10.8 Å². The Labute approximate surface area is 111 Å². The average molecular weight is 240 g/mol. The van der Waals surface area contributed by atoms with E-state index in [2.05, 4.69) is 62.3 Å². The third kappa shape index (κ3) is 5.02. The molecule has 0 aromatic rings. The summed E-state index contributed by atoms with van der Waals surface area (Å²) in [5.74, 6) is 2.54. The van der Waals surface area contributed by atoms with Crippen molar-refractivity contribution in [3.63, 3.8) is 0 Å². The number of hydrogen-bond acceptors (Lipinski definition) is 0. The molecule has 0 amide bonds. The van der Waals surface area contributed by atoms with Crippen LogP contribution in [0, 0.1) is 28.6 Å². The van der Waals surface area contributed by atoms with Crippen LogP contribution in [0.4, 0.5) is 0 Å². The molecule has 0 heteroatoms. The molecule has 2 unspecified atom stereocenters. The van der Waals surface area contributed by atoms with Gasteiger partial charge in [-0.3, -0.25) is 0 Å². The van der Waals surface area contributed by atoms with Crippen LogP contribution in [0.15, 0.2) is 0 Å². The molecular formula is C17H36. The van der Waals surface area contributed by atoms with Crippen LogP contribution in [0.25, 0.3) is 0 Å². The predicted octanol–water partition coefficient (Wildman–Crippen LogP) is 6.16. The van der Waals surface area contributed by atoms with Crippen LogP contribution in [-0.2, 0) is 0 Å². The maximum absolute atomic E-state index is 2.45. The minimum atomic E-state index is 0.399. The van der Waals surface area contributed by atoms with E-state index >= 15 is 0 Å². The Hall–Kier alpha value is 0. The van der Waals surface area contributed by atoms with Gasteiger partial charge in [0.2, 0.25) is 0 Å². The summed E-state index contributed by atoms with van der Waals surface area (Å²) < 4.78 is 0. The Kier molecular flexibility index (Phi) is 6.25. The fourth-order valence-corrected chi connectivity index (χ4v) is 2.43. The van der Waals surface area contributed by atoms with Crippen molar-refractivity contribution in [2.45, 2.75) is 81.6 Å². The first-order chi connectivity index (χ1) is 7.53. The smallest absolute Gasteiger partial charge is 0.0303 e. The molecule has 0 aliphatic carbocycles. The summed E-state index contributed by atoms with van der Waals surface area (Å²) in [6.07, 6.45) is 4.07. The second-order valence-electron chi connectivity index (χ2n) is 7.99. The monoisotopic (exact) mass is 240 g/mol. The third-order valence-electron chi connectivity index (χ3n) is 5.26. The lowest BCUT2D eigenvalue weighted by Crippen LogP contribution is -2.34. The molecule has 0 fully saturated rings. The van der Waals surface area contributed by atoms with E-state index in [1.54, 1.807) is 0 Å². The van der Waals surface area contributed by atoms with Gasteiger partial charge in [0.25, 0.3) is 0 Å². The van der Waals surface area contributed by atoms with Crippen molar-refractivity contribution in [3.8, 4) is 0 Å². The zero-order valence-corrected chi connectivity index (χ0v) is 13.9. The van der Waals surface area contributed by atoms with Gasteiger partial charge < -0.3 is 0 Å². The molecule has 0 rings (SSSR count). The van der Waals surface area contributed by atoms with Gasteiger partial charge in [-0.1, -0.05) is 75.2 Å². The summed E-state index contributed by atoms with van der Waals surface area (Å²) in [6, 6.07) is 0. The highest BCUT2D eigenvalue weighted by Gasteiger charge is 2.36. The minimum Gasteiger partial charge on any atom is -0.0654 e. The summed E-state index contributed by atoms with van der Waals surface area (Å²) in [5, 5.41) is 0. The van der Waals surface area contributed by atoms with Crippen molar-refractivity contribution < 1.29 is 0 Å². The van der Waals surface area contributed by atoms with Crippen LogP contribution >= 0.6 is 0 Å². The number of rotatable bonds is 6. The Morgan fingerprint density at radius 1 is 0.882 bits per heavy atom. The van der Waals surface area contributed by atoms with E-state index in [0.717, 1.165) is 17.8 Å². The zero-order valence-electron chi connectivity index (χ0n) is 13.9. The fraction of sp³-hybridized carbons (Fsp3) is 1.00. The van der Waals surface area contributed by atoms with Crippen molar-refractivity contribution >= 4 is 0 Å². The summed E-state index contributed by atoms with van der Waals surface area (Å²) in [4.78, 5) is 0. The van der Waals surface area contributed by atoms with Gasteiger partial charge in [0.1, 0.15) is 0 Å². The van der Waals surface area contributed by atoms with E-state index in [9.17, 15) is 0 Å². The largest absolute Gasteiger partial charge is 0.0654 e. The van der Waals surface area contributed by atoms with Crippen molar-refractivity contribution in [1.29, 1.82) is 0 Å². The van der Waals surface area contributed by atoms with Crippen LogP contribution in [0.1, 0.15) is 81.6 Å². The molecule has 0 aromatic heterocycles. The van der Waals surface area contributed by atoms with Gasteiger partial charge in [-0.05, 0) is 35.0 Å². The molecular weight excluding hydrogens is 204 g/mol. The van der Waals surface area contributed by atoms with Crippen LogP contribution < -0.4 is 0 Å². The Balaban J connectivity index is 4.76. The molecule has 0 aliphatic rings. The van der Waals surface area contributed by atoms with Crippen LogP contribution in [0.2, 0.25) is 0 Å². The average Bonchev–Trinajstić information content (AvgIpc) is 2.13. The van der Waals surface area contributed by atoms with Crippen LogP contribution in [0.3, 0.4) is 0 Å². The first-order valence-corrected chi connectivity index (χ1v) is 7.53. The molecule has 0 radical (unpaired) electrons. The van der Waals surface area contributed by atoms with Crippen LogP contribution in [0.5, 0.6) is 0 Å².